The summed E-state index contributed by atoms with van der Waals surface area (Å²) in [5.41, 5.74) is 22.9. The molecule has 8 N–H and O–H groups in total. The molecule has 3 aromatic carbocycles. The van der Waals surface area contributed by atoms with Crippen molar-refractivity contribution < 1.29 is 33.0 Å². The number of nitrogens with zero attached hydrogens (tertiary/aromatic N) is 6. The number of methoxy groups -OCH3 is 1. The predicted molar refractivity (Wildman–Crippen MR) is 244 cm³/mol. The van der Waals surface area contributed by atoms with Crippen LogP contribution in [0.15, 0.2) is 84.5 Å². The fourth-order valence-corrected chi connectivity index (χ4v) is 9.91. The van der Waals surface area contributed by atoms with Gasteiger partial charge in [0.2, 0.25) is 5.91 Å². The molecule has 342 valence electrons. The van der Waals surface area contributed by atoms with Gasteiger partial charge >= 0.3 is 6.03 Å². The Morgan fingerprint density at radius 2 is 1.69 bits per heavy atom. The van der Waals surface area contributed by atoms with Crippen LogP contribution in [-0.2, 0) is 14.3 Å². The van der Waals surface area contributed by atoms with Crippen LogP contribution in [0.5, 0.6) is 5.75 Å². The molecular weight excluding hydrogens is 823 g/mol. The number of benzene rings is 3. The molecule has 4 fully saturated rings. The summed E-state index contributed by atoms with van der Waals surface area (Å²) in [5, 5.41) is 13.7. The van der Waals surface area contributed by atoms with E-state index in [0.717, 1.165) is 80.2 Å². The van der Waals surface area contributed by atoms with Gasteiger partial charge in [0.1, 0.15) is 23.2 Å². The largest absolute Gasteiger partial charge is 0.507 e. The molecule has 4 aromatic rings. The number of piperazine rings is 1. The van der Waals surface area contributed by atoms with Crippen molar-refractivity contribution in [1.29, 1.82) is 0 Å². The molecule has 1 aromatic heterocycles. The molecule has 0 saturated carbocycles. The summed E-state index contributed by atoms with van der Waals surface area (Å²) >= 11 is 0. The van der Waals surface area contributed by atoms with Gasteiger partial charge in [-0.1, -0.05) is 6.92 Å². The summed E-state index contributed by atoms with van der Waals surface area (Å²) in [6, 6.07) is 16.7. The number of allylic oxidation sites excluding steroid dienone is 1. The molecule has 15 nitrogen and oxygen atoms in total. The lowest BCUT2D eigenvalue weighted by Crippen LogP contribution is -2.54. The van der Waals surface area contributed by atoms with Crippen molar-refractivity contribution in [3.63, 3.8) is 0 Å². The fraction of sp³-hybridized carbons (Fsp3) is 0.447. The number of piperidine rings is 1. The summed E-state index contributed by atoms with van der Waals surface area (Å²) in [6.07, 6.45) is 7.64. The van der Waals surface area contributed by atoms with E-state index >= 15 is 4.39 Å². The van der Waals surface area contributed by atoms with Crippen molar-refractivity contribution in [3.8, 4) is 5.75 Å². The van der Waals surface area contributed by atoms with E-state index in [-0.39, 0.29) is 59.1 Å². The van der Waals surface area contributed by atoms with Crippen molar-refractivity contribution in [2.24, 2.45) is 23.1 Å². The van der Waals surface area contributed by atoms with Crippen LogP contribution in [0.3, 0.4) is 0 Å². The molecule has 17 heteroatoms. The normalized spacial score (nSPS) is 20.1. The SMILES string of the molecule is CCN(COCC(COC)n1ccc2cc(N3CCC(=O)NC3=O)ccc21)CC1CCN(c2cc(N3C4CCC3CN(C(/C=C(\N)c3cc(F)ccc3O)=C(N)N)C4)ccc2F)CC1. The highest BCUT2D eigenvalue weighted by Crippen LogP contribution is 2.39. The molecule has 0 spiro atoms. The van der Waals surface area contributed by atoms with Crippen molar-refractivity contribution in [3.05, 3.63) is 102 Å². The lowest BCUT2D eigenvalue weighted by atomic mass is 9.95. The van der Waals surface area contributed by atoms with Gasteiger partial charge in [-0.2, -0.15) is 0 Å². The van der Waals surface area contributed by atoms with E-state index < -0.39 is 11.8 Å². The second kappa shape index (κ2) is 19.4. The molecule has 3 atom stereocenters. The van der Waals surface area contributed by atoms with Gasteiger partial charge < -0.3 is 51.0 Å². The Labute approximate surface area is 372 Å². The maximum absolute atomic E-state index is 15.6. The van der Waals surface area contributed by atoms with Gasteiger partial charge in [0.25, 0.3) is 0 Å². The first-order valence-corrected chi connectivity index (χ1v) is 22.2. The molecule has 3 amide bonds. The van der Waals surface area contributed by atoms with Crippen LogP contribution in [0.25, 0.3) is 16.6 Å². The van der Waals surface area contributed by atoms with E-state index in [1.807, 2.05) is 42.6 Å². The first-order chi connectivity index (χ1) is 30.9. The first-order valence-electron chi connectivity index (χ1n) is 22.2. The number of anilines is 3. The molecule has 2 bridgehead atoms. The van der Waals surface area contributed by atoms with E-state index in [1.54, 1.807) is 24.2 Å². The summed E-state index contributed by atoms with van der Waals surface area (Å²) in [6.45, 7) is 8.32. The number of rotatable bonds is 16. The van der Waals surface area contributed by atoms with Crippen LogP contribution in [-0.4, -0.2) is 116 Å². The van der Waals surface area contributed by atoms with Gasteiger partial charge in [0, 0.05) is 105 Å². The predicted octanol–water partition coefficient (Wildman–Crippen LogP) is 5.21. The molecule has 4 aliphatic heterocycles. The summed E-state index contributed by atoms with van der Waals surface area (Å²) in [5.74, 6) is -0.630. The van der Waals surface area contributed by atoms with Gasteiger partial charge in [-0.15, -0.1) is 0 Å². The van der Waals surface area contributed by atoms with E-state index in [0.29, 0.717) is 56.9 Å². The monoisotopic (exact) mass is 882 g/mol. The number of nitrogens with two attached hydrogens (primary N) is 3. The van der Waals surface area contributed by atoms with Crippen molar-refractivity contribution in [2.45, 2.75) is 57.2 Å². The molecule has 5 heterocycles. The van der Waals surface area contributed by atoms with E-state index in [1.165, 1.54) is 12.1 Å². The lowest BCUT2D eigenvalue weighted by molar-refractivity contribution is -0.120. The van der Waals surface area contributed by atoms with Gasteiger partial charge in [0.15, 0.2) is 0 Å². The van der Waals surface area contributed by atoms with Crippen LogP contribution < -0.4 is 37.2 Å². The average molecular weight is 883 g/mol. The Hall–Kier alpha value is -6.04. The highest BCUT2D eigenvalue weighted by molar-refractivity contribution is 6.06. The topological polar surface area (TPSA) is 184 Å². The molecule has 64 heavy (non-hydrogen) atoms. The maximum atomic E-state index is 15.6. The zero-order chi connectivity index (χ0) is 45.1. The Kier molecular flexibility index (Phi) is 13.5. The second-order valence-corrected chi connectivity index (χ2v) is 17.4. The maximum Gasteiger partial charge on any atom is 0.328 e. The van der Waals surface area contributed by atoms with Crippen molar-refractivity contribution >= 4 is 45.6 Å². The second-order valence-electron chi connectivity index (χ2n) is 17.4. The van der Waals surface area contributed by atoms with Gasteiger partial charge in [-0.25, -0.2) is 13.6 Å². The molecule has 3 unspecified atom stereocenters. The summed E-state index contributed by atoms with van der Waals surface area (Å²) in [7, 11) is 1.68. The minimum absolute atomic E-state index is 0.0687. The third-order valence-corrected chi connectivity index (χ3v) is 13.2. The zero-order valence-corrected chi connectivity index (χ0v) is 36.6. The Bertz CT molecular complexity index is 2380. The van der Waals surface area contributed by atoms with Gasteiger partial charge in [-0.05, 0) is 105 Å². The van der Waals surface area contributed by atoms with Crippen molar-refractivity contribution in [2.75, 3.05) is 87.6 Å². The van der Waals surface area contributed by atoms with Crippen LogP contribution >= 0.6 is 0 Å². The molecule has 0 radical (unpaired) electrons. The minimum atomic E-state index is -0.520. The number of carbonyl (C=O) groups excluding carboxylic acids is 2. The highest BCUT2D eigenvalue weighted by Gasteiger charge is 2.41. The molecule has 4 saturated heterocycles. The number of carbonyl (C=O) groups is 2. The van der Waals surface area contributed by atoms with Crippen LogP contribution in [0, 0.1) is 17.6 Å². The average Bonchev–Trinajstić information content (AvgIpc) is 3.82. The first kappa shape index (κ1) is 44.6. The smallest absolute Gasteiger partial charge is 0.328 e. The number of amides is 3. The number of ether oxygens (including phenoxy) is 2. The van der Waals surface area contributed by atoms with E-state index in [9.17, 15) is 19.1 Å². The summed E-state index contributed by atoms with van der Waals surface area (Å²) in [4.78, 5) is 34.7. The number of aromatic nitrogens is 1. The number of urea groups is 1. The fourth-order valence-electron chi connectivity index (χ4n) is 9.91. The van der Waals surface area contributed by atoms with Gasteiger partial charge in [-0.3, -0.25) is 19.9 Å². The van der Waals surface area contributed by atoms with Gasteiger partial charge in [0.05, 0.1) is 37.4 Å². The number of imide groups is 1. The number of fused-ring (bicyclic) bond motifs is 3. The number of halogens is 2. The van der Waals surface area contributed by atoms with Crippen LogP contribution in [0.4, 0.5) is 30.6 Å². The molecule has 8 rings (SSSR count). The third-order valence-electron chi connectivity index (χ3n) is 13.2. The van der Waals surface area contributed by atoms with Crippen molar-refractivity contribution in [1.82, 2.24) is 19.7 Å². The zero-order valence-electron chi connectivity index (χ0n) is 36.6. The number of phenolic OH excluding ortho intramolecular Hbond substituents is 1. The van der Waals surface area contributed by atoms with E-state index in [4.69, 9.17) is 26.7 Å². The lowest BCUT2D eigenvalue weighted by Gasteiger charge is -2.44. The number of hydrogen-bond donors (Lipinski definition) is 5. The number of hydrogen-bond acceptors (Lipinski definition) is 12. The number of phenols is 1. The molecule has 0 aliphatic carbocycles. The Morgan fingerprint density at radius 1 is 0.938 bits per heavy atom. The Balaban J connectivity index is 0.846. The van der Waals surface area contributed by atoms with Crippen LogP contribution in [0.2, 0.25) is 0 Å². The quantitative estimate of drug-likeness (QED) is 0.0733. The van der Waals surface area contributed by atoms with Crippen LogP contribution in [0.1, 0.15) is 50.6 Å². The number of aromatic hydroxyl groups is 1. The molecule has 4 aliphatic rings. The molecular formula is C47H60F2N10O5. The van der Waals surface area contributed by atoms with E-state index in [2.05, 4.69) is 36.4 Å². The minimum Gasteiger partial charge on any atom is -0.507 e. The number of likely N-dealkylation sites (tertiary alicyclic amines) is 1. The standard InChI is InChI=1S/C47H60F2N10O5/c1-3-54(29-64-28-37(27-63-2)57-18-14-31-20-33(8-10-41(31)57)58-19-15-45(61)53-47(58)62)24-30-12-16-55(17-13-30)42-22-34(7-9-39(42)49)59-35-5-6-36(59)26-56(25-35)43(46(51)52)23-40(50)38-21-32(48)4-11-44(38)60/h4,7-11,14,18,20-23,30,35-37,60H,3,5-6,12-13,15-17,19,24-29,50-52H2,1-2H3,(H,53,61,62)/b40-23-. The highest BCUT2D eigenvalue weighted by atomic mass is 19.1. The summed E-state index contributed by atoms with van der Waals surface area (Å²) < 4.78 is 43.7. The number of nitrogens with one attached hydrogen (secondary N) is 1. The Morgan fingerprint density at radius 3 is 2.39 bits per heavy atom. The third kappa shape index (κ3) is 9.56.